The average molecular weight is 166 g/mol. The van der Waals surface area contributed by atoms with Crippen LogP contribution in [-0.2, 0) is 0 Å². The molecule has 0 unspecified atom stereocenters. The third-order valence-corrected chi connectivity index (χ3v) is 0.954. The fourth-order valence-electron chi connectivity index (χ4n) is 0.470. The molecule has 0 radical (unpaired) electrons. The minimum absolute atomic E-state index is 1.06. The monoisotopic (exact) mass is 166 g/mol. The first-order chi connectivity index (χ1) is 5.04. The van der Waals surface area contributed by atoms with E-state index >= 15 is 0 Å². The number of hydrogen-bond acceptors (Lipinski definition) is 2. The largest absolute Gasteiger partial charge is 0.359 e. The van der Waals surface area contributed by atoms with Crippen molar-refractivity contribution in [1.82, 2.24) is 9.77 Å². The summed E-state index contributed by atoms with van der Waals surface area (Å²) in [5.41, 5.74) is -3.58. The maximum Gasteiger partial charge on any atom is 0.359 e. The van der Waals surface area contributed by atoms with Gasteiger partial charge in [-0.15, -0.1) is 0 Å². The van der Waals surface area contributed by atoms with E-state index in [9.17, 15) is 22.9 Å². The van der Waals surface area contributed by atoms with Crippen LogP contribution in [0.15, 0.2) is 9.59 Å². The molecule has 1 N–H and O–H groups in total. The predicted octanol–water partition coefficient (Wildman–Crippen LogP) is -0.453. The Morgan fingerprint density at radius 2 is 1.82 bits per heavy atom. The van der Waals surface area contributed by atoms with E-state index in [1.165, 1.54) is 0 Å². The number of aromatic nitrogens is 2. The van der Waals surface area contributed by atoms with Crippen LogP contribution >= 0.6 is 0 Å². The Labute approximate surface area is 56.8 Å². The Hall–Kier alpha value is -1.53. The van der Waals surface area contributed by atoms with Crippen LogP contribution in [-0.4, -0.2) is 9.77 Å². The molecular formula is C4HF3N2O2. The van der Waals surface area contributed by atoms with Gasteiger partial charge in [0, 0.05) is 0 Å². The summed E-state index contributed by atoms with van der Waals surface area (Å²) < 4.78 is 36.1. The van der Waals surface area contributed by atoms with Crippen LogP contribution < -0.4 is 11.2 Å². The summed E-state index contributed by atoms with van der Waals surface area (Å²) in [6.07, 6.45) is 0. The van der Waals surface area contributed by atoms with Crippen molar-refractivity contribution in [2.75, 3.05) is 0 Å². The average Bonchev–Trinajstić information content (AvgIpc) is 1.97. The maximum absolute atomic E-state index is 12.1. The van der Waals surface area contributed by atoms with E-state index < -0.39 is 27.8 Å². The van der Waals surface area contributed by atoms with E-state index in [0.717, 1.165) is 4.98 Å². The van der Waals surface area contributed by atoms with Crippen molar-refractivity contribution < 1.29 is 13.3 Å². The summed E-state index contributed by atoms with van der Waals surface area (Å²) >= 11 is 0. The zero-order valence-corrected chi connectivity index (χ0v) is 4.90. The summed E-state index contributed by atoms with van der Waals surface area (Å²) in [7, 11) is 0. The lowest BCUT2D eigenvalue weighted by molar-refractivity contribution is 0.301. The SMILES string of the molecule is O=c1[nH]c(F)c(F)c(=O)n1F. The highest BCUT2D eigenvalue weighted by Gasteiger charge is 2.12. The van der Waals surface area contributed by atoms with E-state index in [0.29, 0.717) is 0 Å². The van der Waals surface area contributed by atoms with Crippen molar-refractivity contribution in [2.45, 2.75) is 0 Å². The van der Waals surface area contributed by atoms with Gasteiger partial charge in [0.2, 0.25) is 11.8 Å². The standard InChI is InChI=1S/C4HF3N2O2/c5-1-2(6)8-4(11)9(7)3(1)10/h(H,8,11). The molecule has 1 heterocycles. The molecule has 1 rings (SSSR count). The Bertz CT molecular complexity index is 393. The van der Waals surface area contributed by atoms with Crippen LogP contribution in [0, 0.1) is 11.8 Å². The first-order valence-corrected chi connectivity index (χ1v) is 2.40. The highest BCUT2D eigenvalue weighted by Crippen LogP contribution is 1.89. The van der Waals surface area contributed by atoms with E-state index in [1.807, 2.05) is 0 Å². The van der Waals surface area contributed by atoms with Crippen LogP contribution in [0.5, 0.6) is 0 Å². The van der Waals surface area contributed by atoms with E-state index in [1.54, 1.807) is 0 Å². The van der Waals surface area contributed by atoms with E-state index in [2.05, 4.69) is 0 Å². The first kappa shape index (κ1) is 7.58. The zero-order chi connectivity index (χ0) is 8.59. The van der Waals surface area contributed by atoms with Crippen molar-refractivity contribution in [3.8, 4) is 0 Å². The van der Waals surface area contributed by atoms with Gasteiger partial charge < -0.3 is 0 Å². The lowest BCUT2D eigenvalue weighted by Crippen LogP contribution is -2.33. The molecule has 0 atom stereocenters. The quantitative estimate of drug-likeness (QED) is 0.530. The lowest BCUT2D eigenvalue weighted by Gasteiger charge is -1.91. The van der Waals surface area contributed by atoms with Crippen molar-refractivity contribution in [1.29, 1.82) is 0 Å². The smallest absolute Gasteiger partial charge is 0.279 e. The minimum atomic E-state index is -1.95. The van der Waals surface area contributed by atoms with Gasteiger partial charge in [-0.2, -0.15) is 8.78 Å². The molecule has 0 saturated heterocycles. The third kappa shape index (κ3) is 1.04. The van der Waals surface area contributed by atoms with Crippen molar-refractivity contribution >= 4 is 0 Å². The minimum Gasteiger partial charge on any atom is -0.279 e. The number of halogens is 3. The molecule has 0 aliphatic carbocycles. The lowest BCUT2D eigenvalue weighted by atomic mass is 10.6. The molecule has 11 heavy (non-hydrogen) atoms. The molecule has 0 aliphatic rings. The number of aromatic amines is 1. The Morgan fingerprint density at radius 1 is 1.27 bits per heavy atom. The van der Waals surface area contributed by atoms with Crippen molar-refractivity contribution in [3.63, 3.8) is 0 Å². The summed E-state index contributed by atoms with van der Waals surface area (Å²) in [5.74, 6) is -3.72. The summed E-state index contributed by atoms with van der Waals surface area (Å²) in [6.45, 7) is 0. The highest BCUT2D eigenvalue weighted by atomic mass is 19.2. The fraction of sp³-hybridized carbons (Fsp3) is 0. The topological polar surface area (TPSA) is 54.9 Å². The molecule has 1 aromatic rings. The van der Waals surface area contributed by atoms with E-state index in [-0.39, 0.29) is 0 Å². The van der Waals surface area contributed by atoms with Crippen molar-refractivity contribution in [3.05, 3.63) is 32.6 Å². The van der Waals surface area contributed by atoms with Crippen LogP contribution in [0.1, 0.15) is 0 Å². The van der Waals surface area contributed by atoms with Crippen LogP contribution in [0.25, 0.3) is 0 Å². The molecule has 7 heteroatoms. The molecule has 0 fully saturated rings. The van der Waals surface area contributed by atoms with Crippen LogP contribution in [0.3, 0.4) is 0 Å². The number of hydrogen-bond donors (Lipinski definition) is 1. The number of rotatable bonds is 0. The molecule has 0 amide bonds. The first-order valence-electron chi connectivity index (χ1n) is 2.40. The van der Waals surface area contributed by atoms with Crippen molar-refractivity contribution in [2.24, 2.45) is 0 Å². The second-order valence-corrected chi connectivity index (χ2v) is 1.64. The number of nitrogens with one attached hydrogen (secondary N) is 1. The molecule has 0 aromatic carbocycles. The number of nitrogens with zero attached hydrogens (tertiary/aromatic N) is 1. The van der Waals surface area contributed by atoms with Gasteiger partial charge in [0.25, 0.3) is 0 Å². The second kappa shape index (κ2) is 2.26. The maximum atomic E-state index is 12.1. The van der Waals surface area contributed by atoms with Gasteiger partial charge in [-0.3, -0.25) is 9.78 Å². The summed E-state index contributed by atoms with van der Waals surface area (Å²) in [6, 6.07) is 0. The molecular weight excluding hydrogens is 165 g/mol. The summed E-state index contributed by atoms with van der Waals surface area (Å²) in [4.78, 5) is 20.4. The molecule has 0 spiro atoms. The van der Waals surface area contributed by atoms with E-state index in [4.69, 9.17) is 0 Å². The Morgan fingerprint density at radius 3 is 2.36 bits per heavy atom. The normalized spacial score (nSPS) is 10.1. The van der Waals surface area contributed by atoms with Crippen LogP contribution in [0.4, 0.5) is 13.3 Å². The van der Waals surface area contributed by atoms with Gasteiger partial charge in [-0.05, 0) is 0 Å². The Balaban J connectivity index is 3.74. The zero-order valence-electron chi connectivity index (χ0n) is 4.90. The van der Waals surface area contributed by atoms with Gasteiger partial charge >= 0.3 is 11.2 Å². The number of H-pyrrole nitrogens is 1. The predicted molar refractivity (Wildman–Crippen MR) is 27.7 cm³/mol. The fourth-order valence-corrected chi connectivity index (χ4v) is 0.470. The Kier molecular flexibility index (Phi) is 1.55. The van der Waals surface area contributed by atoms with Gasteiger partial charge in [-0.25, -0.2) is 4.79 Å². The van der Waals surface area contributed by atoms with Gasteiger partial charge in [-0.1, -0.05) is 9.27 Å². The second-order valence-electron chi connectivity index (χ2n) is 1.64. The van der Waals surface area contributed by atoms with Crippen LogP contribution in [0.2, 0.25) is 0 Å². The van der Waals surface area contributed by atoms with Gasteiger partial charge in [0.05, 0.1) is 0 Å². The highest BCUT2D eigenvalue weighted by molar-refractivity contribution is 4.88. The summed E-state index contributed by atoms with van der Waals surface area (Å²) in [5, 5.41) is 0. The molecule has 4 nitrogen and oxygen atoms in total. The molecule has 0 saturated carbocycles. The van der Waals surface area contributed by atoms with Gasteiger partial charge in [0.15, 0.2) is 0 Å². The van der Waals surface area contributed by atoms with Gasteiger partial charge in [0.1, 0.15) is 0 Å². The molecule has 60 valence electrons. The molecule has 0 bridgehead atoms. The molecule has 1 aromatic heterocycles. The third-order valence-electron chi connectivity index (χ3n) is 0.954. The molecule has 0 aliphatic heterocycles.